The Labute approximate surface area is 224 Å². The van der Waals surface area contributed by atoms with Crippen LogP contribution in [0.4, 0.5) is 5.69 Å². The summed E-state index contributed by atoms with van der Waals surface area (Å²) in [5.74, 6) is -2.38. The molecule has 3 amide bonds. The highest BCUT2D eigenvalue weighted by atomic mass is 16.5. The number of nitrogens with zero attached hydrogens (tertiary/aromatic N) is 3. The summed E-state index contributed by atoms with van der Waals surface area (Å²) in [6, 6.07) is 7.87. The molecule has 1 aromatic rings. The second-order valence-corrected chi connectivity index (χ2v) is 11.1. The van der Waals surface area contributed by atoms with Gasteiger partial charge in [0.15, 0.2) is 0 Å². The van der Waals surface area contributed by atoms with Crippen molar-refractivity contribution in [3.8, 4) is 0 Å². The highest BCUT2D eigenvalue weighted by Gasteiger charge is 2.75. The van der Waals surface area contributed by atoms with Gasteiger partial charge in [-0.2, -0.15) is 0 Å². The van der Waals surface area contributed by atoms with Crippen LogP contribution in [0, 0.1) is 11.8 Å². The Hall–Kier alpha value is -2.97. The van der Waals surface area contributed by atoms with E-state index in [2.05, 4.69) is 6.92 Å². The van der Waals surface area contributed by atoms with Crippen LogP contribution in [0.15, 0.2) is 54.6 Å². The molecule has 0 radical (unpaired) electrons. The quantitative estimate of drug-likeness (QED) is 0.558. The first-order valence-electron chi connectivity index (χ1n) is 13.9. The number of para-hydroxylation sites is 1. The number of amides is 3. The Morgan fingerprint density at radius 2 is 1.66 bits per heavy atom. The lowest BCUT2D eigenvalue weighted by Gasteiger charge is -2.41. The zero-order valence-corrected chi connectivity index (χ0v) is 22.7. The highest BCUT2D eigenvalue weighted by Crippen LogP contribution is 2.59. The van der Waals surface area contributed by atoms with Crippen molar-refractivity contribution in [3.05, 3.63) is 54.6 Å². The molecule has 204 valence electrons. The minimum absolute atomic E-state index is 0.0187. The molecule has 38 heavy (non-hydrogen) atoms. The summed E-state index contributed by atoms with van der Waals surface area (Å²) in [6.07, 6.45) is 9.93. The predicted molar refractivity (Wildman–Crippen MR) is 144 cm³/mol. The molecule has 4 heterocycles. The second kappa shape index (κ2) is 9.97. The summed E-state index contributed by atoms with van der Waals surface area (Å²) in [5.41, 5.74) is -1.58. The van der Waals surface area contributed by atoms with Gasteiger partial charge < -0.3 is 24.5 Å². The van der Waals surface area contributed by atoms with Crippen molar-refractivity contribution >= 4 is 23.4 Å². The van der Waals surface area contributed by atoms with Gasteiger partial charge in [-0.3, -0.25) is 14.4 Å². The van der Waals surface area contributed by atoms with Crippen molar-refractivity contribution in [2.75, 3.05) is 24.6 Å². The van der Waals surface area contributed by atoms with Crippen LogP contribution in [0.3, 0.4) is 0 Å². The molecule has 1 spiro atoms. The van der Waals surface area contributed by atoms with E-state index in [-0.39, 0.29) is 30.4 Å². The van der Waals surface area contributed by atoms with Crippen LogP contribution >= 0.6 is 0 Å². The topological polar surface area (TPSA) is 90.4 Å². The highest BCUT2D eigenvalue weighted by molar-refractivity contribution is 6.04. The summed E-state index contributed by atoms with van der Waals surface area (Å²) in [4.78, 5) is 48.1. The molecule has 0 aliphatic carbocycles. The summed E-state index contributed by atoms with van der Waals surface area (Å²) in [5, 5.41) is 10.1. The van der Waals surface area contributed by atoms with E-state index in [9.17, 15) is 19.5 Å². The Morgan fingerprint density at radius 3 is 2.32 bits per heavy atom. The van der Waals surface area contributed by atoms with Gasteiger partial charge in [0, 0.05) is 24.8 Å². The lowest BCUT2D eigenvalue weighted by Crippen LogP contribution is -2.59. The Balaban J connectivity index is 1.66. The van der Waals surface area contributed by atoms with Crippen molar-refractivity contribution in [3.63, 3.8) is 0 Å². The lowest BCUT2D eigenvalue weighted by molar-refractivity contribution is -0.156. The minimum atomic E-state index is -1.31. The summed E-state index contributed by atoms with van der Waals surface area (Å²) >= 11 is 0. The molecule has 4 aliphatic heterocycles. The SMILES string of the molecule is CCCC(C)N1CC=C[C@]23O[C@]4(CC)C=CCN(c5ccccc5)C(=O)[C@@H]4[C@H]2C(=O)N([C@H](C)CO)C3C1=O. The minimum Gasteiger partial charge on any atom is -0.394 e. The molecule has 0 aromatic heterocycles. The molecule has 2 saturated heterocycles. The van der Waals surface area contributed by atoms with Crippen molar-refractivity contribution < 1.29 is 24.2 Å². The number of aliphatic hydroxyl groups excluding tert-OH is 1. The van der Waals surface area contributed by atoms with E-state index in [1.54, 1.807) is 11.8 Å². The van der Waals surface area contributed by atoms with E-state index in [0.717, 1.165) is 18.5 Å². The van der Waals surface area contributed by atoms with Crippen LogP contribution in [0.25, 0.3) is 0 Å². The van der Waals surface area contributed by atoms with Crippen molar-refractivity contribution in [1.29, 1.82) is 0 Å². The third kappa shape index (κ3) is 3.75. The first-order chi connectivity index (χ1) is 18.3. The Bertz CT molecular complexity index is 1150. The van der Waals surface area contributed by atoms with Crippen molar-refractivity contribution in [1.82, 2.24) is 9.80 Å². The molecule has 8 heteroatoms. The number of likely N-dealkylation sites (tertiary alicyclic amines) is 1. The van der Waals surface area contributed by atoms with Gasteiger partial charge >= 0.3 is 0 Å². The van der Waals surface area contributed by atoms with Gasteiger partial charge in [0.1, 0.15) is 11.6 Å². The number of benzene rings is 1. The van der Waals surface area contributed by atoms with Gasteiger partial charge in [-0.15, -0.1) is 0 Å². The molecule has 1 N–H and O–H groups in total. The molecule has 0 bridgehead atoms. The molecule has 8 nitrogen and oxygen atoms in total. The van der Waals surface area contributed by atoms with Crippen molar-refractivity contribution in [2.45, 2.75) is 76.3 Å². The largest absolute Gasteiger partial charge is 0.394 e. The molecular weight excluding hydrogens is 482 g/mol. The van der Waals surface area contributed by atoms with Gasteiger partial charge in [-0.25, -0.2) is 0 Å². The Morgan fingerprint density at radius 1 is 0.947 bits per heavy atom. The maximum Gasteiger partial charge on any atom is 0.249 e. The van der Waals surface area contributed by atoms with Gasteiger partial charge in [0.2, 0.25) is 17.7 Å². The maximum atomic E-state index is 14.4. The van der Waals surface area contributed by atoms with Gasteiger partial charge in [-0.1, -0.05) is 62.8 Å². The number of fused-ring (bicyclic) bond motifs is 2. The monoisotopic (exact) mass is 521 g/mol. The average molecular weight is 522 g/mol. The normalized spacial score (nSPS) is 34.1. The maximum absolute atomic E-state index is 14.4. The van der Waals surface area contributed by atoms with E-state index < -0.39 is 35.1 Å². The van der Waals surface area contributed by atoms with Gasteiger partial charge in [-0.05, 0) is 38.8 Å². The third-order valence-corrected chi connectivity index (χ3v) is 8.95. The van der Waals surface area contributed by atoms with Gasteiger partial charge in [0.25, 0.3) is 0 Å². The van der Waals surface area contributed by atoms with E-state index in [0.29, 0.717) is 19.5 Å². The van der Waals surface area contributed by atoms with E-state index in [1.807, 2.05) is 73.4 Å². The fourth-order valence-electron chi connectivity index (χ4n) is 7.09. The number of carbonyl (C=O) groups excluding carboxylic acids is 3. The van der Waals surface area contributed by atoms with Gasteiger partial charge in [0.05, 0.1) is 30.1 Å². The number of anilines is 1. The van der Waals surface area contributed by atoms with Crippen LogP contribution in [0.2, 0.25) is 0 Å². The molecule has 4 aliphatic rings. The number of aliphatic hydroxyl groups is 1. The Kier molecular flexibility index (Phi) is 6.99. The molecule has 5 rings (SSSR count). The number of carbonyl (C=O) groups is 3. The fraction of sp³-hybridized carbons (Fsp3) is 0.567. The molecule has 2 fully saturated rings. The number of hydrogen-bond acceptors (Lipinski definition) is 5. The van der Waals surface area contributed by atoms with Crippen LogP contribution in [-0.2, 0) is 19.1 Å². The number of hydrogen-bond donors (Lipinski definition) is 1. The molecular formula is C30H39N3O5. The van der Waals surface area contributed by atoms with E-state index in [1.165, 1.54) is 4.90 Å². The second-order valence-electron chi connectivity index (χ2n) is 11.1. The number of rotatable bonds is 7. The lowest BCUT2D eigenvalue weighted by atomic mass is 9.73. The third-order valence-electron chi connectivity index (χ3n) is 8.95. The summed E-state index contributed by atoms with van der Waals surface area (Å²) in [7, 11) is 0. The van der Waals surface area contributed by atoms with Crippen molar-refractivity contribution in [2.24, 2.45) is 11.8 Å². The molecule has 1 aromatic carbocycles. The molecule has 0 saturated carbocycles. The summed E-state index contributed by atoms with van der Waals surface area (Å²) in [6.45, 7) is 8.31. The first kappa shape index (κ1) is 26.6. The van der Waals surface area contributed by atoms with E-state index in [4.69, 9.17) is 4.74 Å². The number of ether oxygens (including phenoxy) is 1. The van der Waals surface area contributed by atoms with Crippen LogP contribution in [-0.4, -0.2) is 81.7 Å². The average Bonchev–Trinajstić information content (AvgIpc) is 3.22. The zero-order chi connectivity index (χ0) is 27.2. The fourth-order valence-corrected chi connectivity index (χ4v) is 7.09. The first-order valence-corrected chi connectivity index (χ1v) is 13.9. The molecule has 7 atom stereocenters. The van der Waals surface area contributed by atoms with Crippen LogP contribution in [0.5, 0.6) is 0 Å². The van der Waals surface area contributed by atoms with E-state index >= 15 is 0 Å². The zero-order valence-electron chi connectivity index (χ0n) is 22.7. The smallest absolute Gasteiger partial charge is 0.249 e. The summed E-state index contributed by atoms with van der Waals surface area (Å²) < 4.78 is 6.97. The van der Waals surface area contributed by atoms with Crippen LogP contribution < -0.4 is 4.90 Å². The van der Waals surface area contributed by atoms with Crippen LogP contribution in [0.1, 0.15) is 47.0 Å². The molecule has 2 unspecified atom stereocenters. The standard InChI is InChI=1S/C30H39N3O5/c1-5-12-20(3)31-17-11-16-30-24(27(36)33(21(4)19-34)25(30)28(31)37)23-26(35)32(22-13-8-7-9-14-22)18-10-15-29(23,6-2)38-30/h7-11,13-16,20-21,23-25,34H,5-6,12,17-19H2,1-4H3/t20?,21-,23+,24+,25?,29-,30+/m1/s1. The predicted octanol–water partition coefficient (Wildman–Crippen LogP) is 2.92.